The molecule has 1 N–H and O–H groups in total. The Labute approximate surface area is 148 Å². The lowest BCUT2D eigenvalue weighted by Gasteiger charge is -2.32. The second kappa shape index (κ2) is 5.10. The van der Waals surface area contributed by atoms with E-state index in [9.17, 15) is 9.59 Å². The average molecular weight is 346 g/mol. The van der Waals surface area contributed by atoms with Crippen LogP contribution in [0.25, 0.3) is 10.8 Å². The van der Waals surface area contributed by atoms with Gasteiger partial charge < -0.3 is 5.32 Å². The molecular weight excluding hydrogens is 332 g/mol. The van der Waals surface area contributed by atoms with Crippen LogP contribution >= 0.6 is 11.8 Å². The number of amides is 2. The Kier molecular flexibility index (Phi) is 2.97. The predicted octanol–water partition coefficient (Wildman–Crippen LogP) is 3.72. The van der Waals surface area contributed by atoms with Gasteiger partial charge in [-0.15, -0.1) is 11.8 Å². The fraction of sp³-hybridized carbons (Fsp3) is 0.100. The van der Waals surface area contributed by atoms with Gasteiger partial charge in [-0.25, -0.2) is 0 Å². The van der Waals surface area contributed by atoms with Gasteiger partial charge in [-0.05, 0) is 29.0 Å². The molecule has 2 heterocycles. The Bertz CT molecular complexity index is 1050. The zero-order valence-corrected chi connectivity index (χ0v) is 14.0. The molecule has 0 radical (unpaired) electrons. The van der Waals surface area contributed by atoms with Crippen molar-refractivity contribution in [3.05, 3.63) is 72.3 Å². The fourth-order valence-electron chi connectivity index (χ4n) is 3.69. The van der Waals surface area contributed by atoms with Crippen molar-refractivity contribution in [2.24, 2.45) is 0 Å². The lowest BCUT2D eigenvalue weighted by Crippen LogP contribution is -2.47. The van der Waals surface area contributed by atoms with Crippen molar-refractivity contribution in [1.29, 1.82) is 0 Å². The van der Waals surface area contributed by atoms with Gasteiger partial charge in [0.05, 0.1) is 5.75 Å². The van der Waals surface area contributed by atoms with E-state index in [1.54, 1.807) is 4.90 Å². The van der Waals surface area contributed by atoms with Crippen LogP contribution in [0.2, 0.25) is 0 Å². The molecule has 2 aliphatic rings. The minimum Gasteiger partial charge on any atom is -0.323 e. The molecule has 1 atom stereocenters. The smallest absolute Gasteiger partial charge is 0.266 e. The van der Waals surface area contributed by atoms with Crippen LogP contribution in [0.1, 0.15) is 5.56 Å². The third kappa shape index (κ3) is 1.90. The van der Waals surface area contributed by atoms with Crippen molar-refractivity contribution in [3.63, 3.8) is 0 Å². The number of carbonyl (C=O) groups excluding carboxylic acids is 2. The summed E-state index contributed by atoms with van der Waals surface area (Å²) < 4.78 is 0. The zero-order valence-electron chi connectivity index (χ0n) is 13.2. The molecule has 2 amide bonds. The third-order valence-corrected chi connectivity index (χ3v) is 6.21. The van der Waals surface area contributed by atoms with E-state index in [1.807, 2.05) is 66.7 Å². The molecule has 25 heavy (non-hydrogen) atoms. The van der Waals surface area contributed by atoms with Crippen LogP contribution in [-0.4, -0.2) is 17.6 Å². The van der Waals surface area contributed by atoms with Gasteiger partial charge in [0, 0.05) is 16.9 Å². The molecule has 1 spiro atoms. The normalized spacial score (nSPS) is 21.8. The SMILES string of the molecule is O=C1CS[C@@]2(C(=O)Nc3ccccc32)N1c1ccc2ccccc2c1. The van der Waals surface area contributed by atoms with E-state index in [1.165, 1.54) is 11.8 Å². The number of nitrogens with zero attached hydrogens (tertiary/aromatic N) is 1. The van der Waals surface area contributed by atoms with Crippen LogP contribution in [0, 0.1) is 0 Å². The molecule has 0 saturated carbocycles. The first-order valence-corrected chi connectivity index (χ1v) is 9.05. The van der Waals surface area contributed by atoms with Crippen molar-refractivity contribution >= 4 is 45.7 Å². The lowest BCUT2D eigenvalue weighted by molar-refractivity contribution is -0.122. The summed E-state index contributed by atoms with van der Waals surface area (Å²) in [7, 11) is 0. The van der Waals surface area contributed by atoms with E-state index in [2.05, 4.69) is 5.32 Å². The van der Waals surface area contributed by atoms with Crippen molar-refractivity contribution in [3.8, 4) is 0 Å². The van der Waals surface area contributed by atoms with Gasteiger partial charge in [0.15, 0.2) is 0 Å². The van der Waals surface area contributed by atoms with E-state index in [0.29, 0.717) is 0 Å². The maximum atomic E-state index is 12.9. The van der Waals surface area contributed by atoms with Crippen LogP contribution in [0.4, 0.5) is 11.4 Å². The number of anilines is 2. The molecule has 0 bridgehead atoms. The molecule has 3 aromatic carbocycles. The largest absolute Gasteiger partial charge is 0.323 e. The Morgan fingerprint density at radius 3 is 2.56 bits per heavy atom. The summed E-state index contributed by atoms with van der Waals surface area (Å²) in [5, 5.41) is 5.09. The second-order valence-electron chi connectivity index (χ2n) is 6.19. The molecule has 0 aliphatic carbocycles. The van der Waals surface area contributed by atoms with Crippen molar-refractivity contribution in [1.82, 2.24) is 0 Å². The number of para-hydroxylation sites is 1. The summed E-state index contributed by atoms with van der Waals surface area (Å²) in [5.74, 6) is 0.0824. The Morgan fingerprint density at radius 2 is 1.68 bits per heavy atom. The Balaban J connectivity index is 1.73. The summed E-state index contributed by atoms with van der Waals surface area (Å²) >= 11 is 1.38. The number of thioether (sulfide) groups is 1. The van der Waals surface area contributed by atoms with E-state index in [-0.39, 0.29) is 17.6 Å². The van der Waals surface area contributed by atoms with Crippen molar-refractivity contribution in [2.45, 2.75) is 4.87 Å². The van der Waals surface area contributed by atoms with Gasteiger partial charge >= 0.3 is 0 Å². The van der Waals surface area contributed by atoms with Crippen LogP contribution in [-0.2, 0) is 14.5 Å². The molecule has 122 valence electrons. The second-order valence-corrected chi connectivity index (χ2v) is 7.36. The summed E-state index contributed by atoms with van der Waals surface area (Å²) in [6, 6.07) is 21.5. The number of benzene rings is 3. The lowest BCUT2D eigenvalue weighted by atomic mass is 10.0. The number of rotatable bonds is 1. The predicted molar refractivity (Wildman–Crippen MR) is 101 cm³/mol. The first-order valence-electron chi connectivity index (χ1n) is 8.07. The fourth-order valence-corrected chi connectivity index (χ4v) is 5.01. The van der Waals surface area contributed by atoms with Crippen LogP contribution in [0.3, 0.4) is 0 Å². The molecule has 5 heteroatoms. The highest BCUT2D eigenvalue weighted by atomic mass is 32.2. The first-order chi connectivity index (χ1) is 12.2. The topological polar surface area (TPSA) is 49.4 Å². The molecular formula is C20H14N2O2S. The molecule has 1 fully saturated rings. The van der Waals surface area contributed by atoms with E-state index >= 15 is 0 Å². The summed E-state index contributed by atoms with van der Waals surface area (Å²) in [6.07, 6.45) is 0. The minimum absolute atomic E-state index is 0.0489. The van der Waals surface area contributed by atoms with Gasteiger partial charge in [-0.3, -0.25) is 14.5 Å². The molecule has 0 unspecified atom stereocenters. The maximum Gasteiger partial charge on any atom is 0.266 e. The van der Waals surface area contributed by atoms with E-state index in [0.717, 1.165) is 27.7 Å². The summed E-state index contributed by atoms with van der Waals surface area (Å²) in [5.41, 5.74) is 2.38. The summed E-state index contributed by atoms with van der Waals surface area (Å²) in [6.45, 7) is 0. The zero-order chi connectivity index (χ0) is 17.0. The molecule has 2 aliphatic heterocycles. The third-order valence-electron chi connectivity index (χ3n) is 4.81. The maximum absolute atomic E-state index is 12.9. The van der Waals surface area contributed by atoms with Crippen molar-refractivity contribution < 1.29 is 9.59 Å². The molecule has 0 aromatic heterocycles. The van der Waals surface area contributed by atoms with Gasteiger partial charge in [0.25, 0.3) is 5.91 Å². The monoisotopic (exact) mass is 346 g/mol. The van der Waals surface area contributed by atoms with E-state index in [4.69, 9.17) is 0 Å². The van der Waals surface area contributed by atoms with Crippen LogP contribution < -0.4 is 10.2 Å². The van der Waals surface area contributed by atoms with Gasteiger partial charge in [0.2, 0.25) is 10.8 Å². The van der Waals surface area contributed by atoms with E-state index < -0.39 is 4.87 Å². The van der Waals surface area contributed by atoms with Crippen molar-refractivity contribution in [2.75, 3.05) is 16.0 Å². The van der Waals surface area contributed by atoms with Gasteiger partial charge in [-0.1, -0.05) is 48.5 Å². The molecule has 1 saturated heterocycles. The highest BCUT2D eigenvalue weighted by Crippen LogP contribution is 2.53. The highest BCUT2D eigenvalue weighted by molar-refractivity contribution is 8.02. The number of nitrogens with one attached hydrogen (secondary N) is 1. The Hall–Kier alpha value is -2.79. The average Bonchev–Trinajstić information content (AvgIpc) is 3.13. The number of fused-ring (bicyclic) bond motifs is 3. The molecule has 5 rings (SSSR count). The van der Waals surface area contributed by atoms with Crippen LogP contribution in [0.15, 0.2) is 66.7 Å². The van der Waals surface area contributed by atoms with Gasteiger partial charge in [0.1, 0.15) is 0 Å². The van der Waals surface area contributed by atoms with Crippen LogP contribution in [0.5, 0.6) is 0 Å². The minimum atomic E-state index is -1.02. The number of hydrogen-bond donors (Lipinski definition) is 1. The summed E-state index contributed by atoms with van der Waals surface area (Å²) in [4.78, 5) is 26.3. The first kappa shape index (κ1) is 14.5. The Morgan fingerprint density at radius 1 is 0.920 bits per heavy atom. The molecule has 3 aromatic rings. The van der Waals surface area contributed by atoms with Gasteiger partial charge in [-0.2, -0.15) is 0 Å². The quantitative estimate of drug-likeness (QED) is 0.730. The molecule has 4 nitrogen and oxygen atoms in total. The standard InChI is InChI=1S/C20H14N2O2S/c23-18-12-25-20(16-7-3-4-8-17(16)21-19(20)24)22(18)15-10-9-13-5-1-2-6-14(13)11-15/h1-11H,12H2,(H,21,24)/t20-/m0/s1. The highest BCUT2D eigenvalue weighted by Gasteiger charge is 2.58. The number of hydrogen-bond acceptors (Lipinski definition) is 3. The number of carbonyl (C=O) groups is 2.